The molecule has 7 heteroatoms. The Balaban J connectivity index is 2.00. The summed E-state index contributed by atoms with van der Waals surface area (Å²) in [7, 11) is 0. The fourth-order valence-corrected chi connectivity index (χ4v) is 4.67. The lowest BCUT2D eigenvalue weighted by molar-refractivity contribution is -0.382. The van der Waals surface area contributed by atoms with Crippen LogP contribution in [0.5, 0.6) is 5.75 Å². The molecular weight excluding hydrogens is 444 g/mol. The first-order valence-electron chi connectivity index (χ1n) is 11.2. The highest BCUT2D eigenvalue weighted by atomic mass is 16.6. The highest BCUT2D eigenvalue weighted by molar-refractivity contribution is 6.21. The van der Waals surface area contributed by atoms with Crippen molar-refractivity contribution < 1.29 is 19.6 Å². The minimum atomic E-state index is -0.811. The summed E-state index contributed by atoms with van der Waals surface area (Å²) in [5.74, 6) is -1.14. The van der Waals surface area contributed by atoms with E-state index in [1.165, 1.54) is 0 Å². The number of nitro groups is 1. The molecule has 0 saturated heterocycles. The number of fused-ring (bicyclic) bond motifs is 3. The maximum Gasteiger partial charge on any atom is 0.342 e. The molecule has 35 heavy (non-hydrogen) atoms. The summed E-state index contributed by atoms with van der Waals surface area (Å²) in [6.07, 6.45) is 0. The Morgan fingerprint density at radius 1 is 0.971 bits per heavy atom. The Morgan fingerprint density at radius 2 is 1.60 bits per heavy atom. The number of hydrogen-bond donors (Lipinski definition) is 1. The van der Waals surface area contributed by atoms with E-state index in [1.807, 2.05) is 47.0 Å². The van der Waals surface area contributed by atoms with Crippen LogP contribution >= 0.6 is 0 Å². The van der Waals surface area contributed by atoms with Gasteiger partial charge in [-0.25, -0.2) is 4.79 Å². The van der Waals surface area contributed by atoms with Gasteiger partial charge >= 0.3 is 11.7 Å². The summed E-state index contributed by atoms with van der Waals surface area (Å²) < 4.78 is 7.07. The van der Waals surface area contributed by atoms with Crippen LogP contribution in [0.3, 0.4) is 0 Å². The molecule has 0 radical (unpaired) electrons. The summed E-state index contributed by atoms with van der Waals surface area (Å²) in [5, 5.41) is 25.1. The number of aromatic nitrogens is 1. The Bertz CT molecular complexity index is 1570. The van der Waals surface area contributed by atoms with Gasteiger partial charge in [0.15, 0.2) is 0 Å². The molecule has 0 amide bonds. The van der Waals surface area contributed by atoms with Crippen LogP contribution in [0, 0.1) is 10.1 Å². The van der Waals surface area contributed by atoms with E-state index in [1.54, 1.807) is 49.4 Å². The van der Waals surface area contributed by atoms with Gasteiger partial charge in [-0.15, -0.1) is 0 Å². The molecule has 0 atom stereocenters. The third-order valence-electron chi connectivity index (χ3n) is 6.06. The molecule has 1 N–H and O–H groups in total. The number of benzene rings is 4. The molecule has 5 rings (SSSR count). The summed E-state index contributed by atoms with van der Waals surface area (Å²) in [5.41, 5.74) is 1.93. The monoisotopic (exact) mass is 466 g/mol. The minimum Gasteiger partial charge on any atom is -0.506 e. The summed E-state index contributed by atoms with van der Waals surface area (Å²) in [6, 6.07) is 25.5. The van der Waals surface area contributed by atoms with E-state index in [2.05, 4.69) is 0 Å². The van der Waals surface area contributed by atoms with E-state index in [0.717, 1.165) is 5.56 Å². The van der Waals surface area contributed by atoms with Gasteiger partial charge in [0.2, 0.25) is 0 Å². The predicted octanol–water partition coefficient (Wildman–Crippen LogP) is 6.30. The van der Waals surface area contributed by atoms with Crippen molar-refractivity contribution in [2.75, 3.05) is 6.61 Å². The lowest BCUT2D eigenvalue weighted by Crippen LogP contribution is -2.10. The molecule has 0 aliphatic rings. The largest absolute Gasteiger partial charge is 0.506 e. The van der Waals surface area contributed by atoms with Gasteiger partial charge in [-0.2, -0.15) is 0 Å². The van der Waals surface area contributed by atoms with Gasteiger partial charge in [0.25, 0.3) is 0 Å². The lowest BCUT2D eigenvalue weighted by Gasteiger charge is -2.15. The van der Waals surface area contributed by atoms with Crippen molar-refractivity contribution in [2.45, 2.75) is 13.5 Å². The molecule has 1 aromatic heterocycles. The van der Waals surface area contributed by atoms with Crippen LogP contribution in [0.2, 0.25) is 0 Å². The number of esters is 1. The maximum atomic E-state index is 13.1. The zero-order valence-corrected chi connectivity index (χ0v) is 19.0. The quantitative estimate of drug-likeness (QED) is 0.180. The number of ether oxygens (including phenoxy) is 1. The molecule has 1 heterocycles. The Hall–Kier alpha value is -4.65. The van der Waals surface area contributed by atoms with Crippen LogP contribution in [0.4, 0.5) is 5.69 Å². The van der Waals surface area contributed by atoms with Crippen LogP contribution in [-0.2, 0) is 11.3 Å². The highest BCUT2D eigenvalue weighted by Crippen LogP contribution is 2.49. The first-order chi connectivity index (χ1) is 17.0. The molecule has 0 aliphatic heterocycles. The Labute approximate surface area is 201 Å². The molecule has 0 bridgehead atoms. The van der Waals surface area contributed by atoms with Crippen LogP contribution in [0.25, 0.3) is 32.9 Å². The number of phenolic OH excluding ortho intramolecular Hbond substituents is 1. The summed E-state index contributed by atoms with van der Waals surface area (Å²) in [6.45, 7) is 2.06. The molecule has 0 aliphatic carbocycles. The van der Waals surface area contributed by atoms with Gasteiger partial charge in [0.1, 0.15) is 16.8 Å². The van der Waals surface area contributed by atoms with E-state index >= 15 is 0 Å². The number of aromatic hydroxyl groups is 1. The third kappa shape index (κ3) is 3.67. The SMILES string of the molecule is CCOC(=O)c1c(-c2ccccc2)c([N+](=O)[O-])c2c(c1O)c1ccccc1n2Cc1ccccc1. The highest BCUT2D eigenvalue weighted by Gasteiger charge is 2.35. The number of carbonyl (C=O) groups excluding carboxylic acids is 1. The first kappa shape index (κ1) is 22.2. The van der Waals surface area contributed by atoms with Crippen molar-refractivity contribution in [2.24, 2.45) is 0 Å². The van der Waals surface area contributed by atoms with Gasteiger partial charge in [0.05, 0.1) is 22.5 Å². The van der Waals surface area contributed by atoms with Gasteiger partial charge in [0, 0.05) is 17.4 Å². The van der Waals surface area contributed by atoms with E-state index in [0.29, 0.717) is 23.0 Å². The molecule has 7 nitrogen and oxygen atoms in total. The minimum absolute atomic E-state index is 0.0381. The molecule has 0 unspecified atom stereocenters. The Kier molecular flexibility index (Phi) is 5.66. The molecule has 0 saturated carbocycles. The number of nitrogens with zero attached hydrogens (tertiary/aromatic N) is 2. The second-order valence-electron chi connectivity index (χ2n) is 8.10. The van der Waals surface area contributed by atoms with E-state index < -0.39 is 10.9 Å². The molecule has 0 fully saturated rings. The number of rotatable bonds is 6. The zero-order chi connectivity index (χ0) is 24.5. The second kappa shape index (κ2) is 8.95. The van der Waals surface area contributed by atoms with Gasteiger partial charge < -0.3 is 14.4 Å². The molecule has 0 spiro atoms. The van der Waals surface area contributed by atoms with Gasteiger partial charge in [-0.3, -0.25) is 10.1 Å². The fourth-order valence-electron chi connectivity index (χ4n) is 4.67. The van der Waals surface area contributed by atoms with Crippen LogP contribution < -0.4 is 0 Å². The standard InChI is InChI=1S/C28H22N2O5/c1-2-35-28(32)24-22(19-13-7-4-8-14-19)26(30(33)34)25-23(27(24)31)20-15-9-10-16-21(20)29(25)17-18-11-5-3-6-12-18/h3-16,31H,2,17H2,1H3. The van der Waals surface area contributed by atoms with Crippen molar-refractivity contribution in [3.63, 3.8) is 0 Å². The van der Waals surface area contributed by atoms with Crippen molar-refractivity contribution >= 4 is 33.5 Å². The number of carbonyl (C=O) groups is 1. The van der Waals surface area contributed by atoms with Gasteiger partial charge in [-0.1, -0.05) is 78.9 Å². The number of nitro benzene ring substituents is 1. The molecule has 174 valence electrons. The van der Waals surface area contributed by atoms with E-state index in [9.17, 15) is 20.0 Å². The topological polar surface area (TPSA) is 94.6 Å². The van der Waals surface area contributed by atoms with E-state index in [-0.39, 0.29) is 40.1 Å². The van der Waals surface area contributed by atoms with Crippen molar-refractivity contribution in [1.82, 2.24) is 4.57 Å². The number of para-hydroxylation sites is 1. The second-order valence-corrected chi connectivity index (χ2v) is 8.10. The fraction of sp³-hybridized carbons (Fsp3) is 0.107. The van der Waals surface area contributed by atoms with Crippen LogP contribution in [-0.4, -0.2) is 27.2 Å². The van der Waals surface area contributed by atoms with Crippen LogP contribution in [0.1, 0.15) is 22.8 Å². The number of phenols is 1. The van der Waals surface area contributed by atoms with Crippen molar-refractivity contribution in [3.05, 3.63) is 106 Å². The predicted molar refractivity (Wildman–Crippen MR) is 135 cm³/mol. The summed E-state index contributed by atoms with van der Waals surface area (Å²) in [4.78, 5) is 25.3. The normalized spacial score (nSPS) is 11.1. The van der Waals surface area contributed by atoms with Crippen molar-refractivity contribution in [1.29, 1.82) is 0 Å². The maximum absolute atomic E-state index is 13.1. The number of hydrogen-bond acceptors (Lipinski definition) is 5. The van der Waals surface area contributed by atoms with E-state index in [4.69, 9.17) is 4.74 Å². The smallest absolute Gasteiger partial charge is 0.342 e. The average Bonchev–Trinajstić information content (AvgIpc) is 3.19. The molecule has 4 aromatic carbocycles. The molecule has 5 aromatic rings. The first-order valence-corrected chi connectivity index (χ1v) is 11.2. The molecular formula is C28H22N2O5. The Morgan fingerprint density at radius 3 is 2.26 bits per heavy atom. The summed E-state index contributed by atoms with van der Waals surface area (Å²) >= 11 is 0. The van der Waals surface area contributed by atoms with Crippen molar-refractivity contribution in [3.8, 4) is 16.9 Å². The van der Waals surface area contributed by atoms with Crippen LogP contribution in [0.15, 0.2) is 84.9 Å². The third-order valence-corrected chi connectivity index (χ3v) is 6.06. The van der Waals surface area contributed by atoms with Gasteiger partial charge in [-0.05, 0) is 24.1 Å². The lowest BCUT2D eigenvalue weighted by atomic mass is 9.93. The zero-order valence-electron chi connectivity index (χ0n) is 19.0. The average molecular weight is 466 g/mol.